The van der Waals surface area contributed by atoms with Gasteiger partial charge in [0.2, 0.25) is 5.91 Å². The number of likely N-dealkylation sites (tertiary alicyclic amines) is 1. The number of aryl methyl sites for hydroxylation is 3. The van der Waals surface area contributed by atoms with Gasteiger partial charge in [-0.1, -0.05) is 11.3 Å². The molecular formula is C23H23FN6O4S. The Morgan fingerprint density at radius 1 is 1.20 bits per heavy atom. The van der Waals surface area contributed by atoms with Crippen LogP contribution in [0.2, 0.25) is 0 Å². The second-order valence-corrected chi connectivity index (χ2v) is 9.39. The molecule has 1 amide bonds. The van der Waals surface area contributed by atoms with Crippen molar-refractivity contribution in [3.05, 3.63) is 68.4 Å². The molecule has 3 aromatic heterocycles. The summed E-state index contributed by atoms with van der Waals surface area (Å²) in [6, 6.07) is 3.34. The molecule has 0 bridgehead atoms. The number of aromatic nitrogens is 5. The van der Waals surface area contributed by atoms with Gasteiger partial charge in [-0.25, -0.2) is 13.8 Å². The highest BCUT2D eigenvalue weighted by atomic mass is 32.1. The monoisotopic (exact) mass is 498 g/mol. The van der Waals surface area contributed by atoms with Crippen molar-refractivity contribution in [1.82, 2.24) is 29.0 Å². The molecule has 1 saturated heterocycles. The Labute approximate surface area is 202 Å². The Morgan fingerprint density at radius 2 is 1.94 bits per heavy atom. The second-order valence-electron chi connectivity index (χ2n) is 8.41. The fourth-order valence-corrected chi connectivity index (χ4v) is 5.79. The van der Waals surface area contributed by atoms with Crippen LogP contribution in [0.3, 0.4) is 0 Å². The molecule has 0 N–H and O–H groups in total. The van der Waals surface area contributed by atoms with Crippen molar-refractivity contribution in [1.29, 1.82) is 0 Å². The Bertz CT molecular complexity index is 1550. The molecule has 12 heteroatoms. The zero-order valence-corrected chi connectivity index (χ0v) is 20.2. The summed E-state index contributed by atoms with van der Waals surface area (Å²) < 4.78 is 21.8. The van der Waals surface area contributed by atoms with Gasteiger partial charge in [0.05, 0.1) is 24.9 Å². The molecule has 10 nitrogen and oxygen atoms in total. The van der Waals surface area contributed by atoms with Gasteiger partial charge in [-0.05, 0) is 43.5 Å². The molecule has 1 atom stereocenters. The number of amides is 1. The van der Waals surface area contributed by atoms with Gasteiger partial charge in [0.15, 0.2) is 0 Å². The molecule has 1 aliphatic heterocycles. The number of rotatable bonds is 6. The van der Waals surface area contributed by atoms with Crippen LogP contribution in [-0.2, 0) is 17.8 Å². The zero-order valence-electron chi connectivity index (χ0n) is 19.4. The van der Waals surface area contributed by atoms with Crippen LogP contribution in [0.25, 0.3) is 15.2 Å². The summed E-state index contributed by atoms with van der Waals surface area (Å²) in [5, 5.41) is 9.29. The average molecular weight is 499 g/mol. The maximum absolute atomic E-state index is 13.9. The summed E-state index contributed by atoms with van der Waals surface area (Å²) in [6.07, 6.45) is 3.69. The van der Waals surface area contributed by atoms with Crippen molar-refractivity contribution in [3.63, 3.8) is 0 Å². The summed E-state index contributed by atoms with van der Waals surface area (Å²) in [6.45, 7) is 2.38. The minimum atomic E-state index is -0.870. The van der Waals surface area contributed by atoms with Gasteiger partial charge < -0.3 is 9.64 Å². The van der Waals surface area contributed by atoms with E-state index in [1.807, 2.05) is 0 Å². The van der Waals surface area contributed by atoms with Crippen LogP contribution in [0, 0.1) is 12.7 Å². The smallest absolute Gasteiger partial charge is 0.332 e. The topological polar surface area (TPSA) is 104 Å². The normalized spacial score (nSPS) is 15.9. The minimum absolute atomic E-state index is 0.151. The number of methoxy groups -OCH3 is 1. The highest BCUT2D eigenvalue weighted by Gasteiger charge is 2.34. The van der Waals surface area contributed by atoms with E-state index in [2.05, 4.69) is 10.2 Å². The van der Waals surface area contributed by atoms with E-state index in [1.54, 1.807) is 14.0 Å². The third-order valence-electron chi connectivity index (χ3n) is 6.38. The van der Waals surface area contributed by atoms with E-state index < -0.39 is 23.1 Å². The summed E-state index contributed by atoms with van der Waals surface area (Å²) in [5.74, 6) is -0.189. The van der Waals surface area contributed by atoms with Gasteiger partial charge in [-0.2, -0.15) is 10.2 Å². The van der Waals surface area contributed by atoms with Crippen LogP contribution in [0.15, 0.2) is 40.2 Å². The predicted octanol–water partition coefficient (Wildman–Crippen LogP) is 1.91. The van der Waals surface area contributed by atoms with Crippen LogP contribution in [-0.4, -0.2) is 55.6 Å². The molecule has 0 saturated carbocycles. The molecule has 1 aliphatic rings. The molecule has 35 heavy (non-hydrogen) atoms. The van der Waals surface area contributed by atoms with E-state index in [0.717, 1.165) is 4.57 Å². The van der Waals surface area contributed by atoms with Gasteiger partial charge >= 0.3 is 5.69 Å². The number of benzene rings is 1. The highest BCUT2D eigenvalue weighted by Crippen LogP contribution is 2.31. The highest BCUT2D eigenvalue weighted by molar-refractivity contribution is 7.21. The van der Waals surface area contributed by atoms with Crippen LogP contribution in [0.1, 0.15) is 23.6 Å². The van der Waals surface area contributed by atoms with Crippen LogP contribution in [0.4, 0.5) is 4.39 Å². The van der Waals surface area contributed by atoms with Crippen molar-refractivity contribution >= 4 is 27.5 Å². The number of halogens is 1. The Hall–Kier alpha value is -3.80. The van der Waals surface area contributed by atoms with E-state index in [-0.39, 0.29) is 18.9 Å². The maximum atomic E-state index is 13.9. The van der Waals surface area contributed by atoms with Crippen molar-refractivity contribution in [2.45, 2.75) is 32.4 Å². The lowest BCUT2D eigenvalue weighted by atomic mass is 10.1. The minimum Gasteiger partial charge on any atom is -0.496 e. The average Bonchev–Trinajstić information content (AvgIpc) is 3.55. The molecule has 0 radical (unpaired) electrons. The first-order valence-corrected chi connectivity index (χ1v) is 11.9. The van der Waals surface area contributed by atoms with E-state index in [4.69, 9.17) is 4.74 Å². The number of nitrogens with zero attached hydrogens (tertiary/aromatic N) is 6. The Balaban J connectivity index is 1.72. The molecular weight excluding hydrogens is 475 g/mol. The fourth-order valence-electron chi connectivity index (χ4n) is 4.55. The molecule has 1 fully saturated rings. The Kier molecular flexibility index (Phi) is 5.75. The maximum Gasteiger partial charge on any atom is 0.332 e. The lowest BCUT2D eigenvalue weighted by Crippen LogP contribution is -2.44. The fraction of sp³-hybridized carbons (Fsp3) is 0.348. The summed E-state index contributed by atoms with van der Waals surface area (Å²) in [5.41, 5.74) is 0.123. The first-order valence-electron chi connectivity index (χ1n) is 11.0. The van der Waals surface area contributed by atoms with Gasteiger partial charge in [0, 0.05) is 25.7 Å². The molecule has 1 aromatic carbocycles. The lowest BCUT2D eigenvalue weighted by Gasteiger charge is -2.17. The largest absolute Gasteiger partial charge is 0.496 e. The summed E-state index contributed by atoms with van der Waals surface area (Å²) in [7, 11) is 3.15. The Morgan fingerprint density at radius 3 is 2.60 bits per heavy atom. The number of thiophene rings is 1. The van der Waals surface area contributed by atoms with Crippen LogP contribution >= 0.6 is 11.3 Å². The van der Waals surface area contributed by atoms with E-state index >= 15 is 0 Å². The third kappa shape index (κ3) is 3.73. The molecule has 182 valence electrons. The number of hydrogen-bond donors (Lipinski definition) is 0. The number of likely N-dealkylation sites (N-methyl/N-ethyl adjacent to an activating group) is 1. The molecule has 4 aromatic rings. The van der Waals surface area contributed by atoms with Crippen molar-refractivity contribution in [3.8, 4) is 10.8 Å². The number of fused-ring (bicyclic) bond motifs is 1. The molecule has 0 aliphatic carbocycles. The van der Waals surface area contributed by atoms with Gasteiger partial charge in [0.25, 0.3) is 5.56 Å². The van der Waals surface area contributed by atoms with Crippen LogP contribution in [0.5, 0.6) is 5.75 Å². The third-order valence-corrected chi connectivity index (χ3v) is 7.66. The standard InChI is InChI=1S/C23H23FN6O4S/c1-13-18-20(32)29(16-7-10-27(2)19(16)31)23(33)28(22(18)35-21(13)30-25-8-9-26-30)11-6-14-12-15(24)4-5-17(14)34-3/h4-5,8-9,12,16H,6-7,10-11H2,1-3H3/t16-/m0/s1. The van der Waals surface area contributed by atoms with Crippen molar-refractivity contribution in [2.75, 3.05) is 20.7 Å². The van der Waals surface area contributed by atoms with Crippen LogP contribution < -0.4 is 16.0 Å². The summed E-state index contributed by atoms with van der Waals surface area (Å²) >= 11 is 1.22. The lowest BCUT2D eigenvalue weighted by molar-refractivity contribution is -0.129. The molecule has 0 spiro atoms. The molecule has 4 heterocycles. The van der Waals surface area contributed by atoms with Crippen molar-refractivity contribution < 1.29 is 13.9 Å². The molecule has 5 rings (SSSR count). The van der Waals surface area contributed by atoms with Crippen molar-refractivity contribution in [2.24, 2.45) is 0 Å². The first-order chi connectivity index (χ1) is 16.8. The predicted molar refractivity (Wildman–Crippen MR) is 128 cm³/mol. The number of carbonyl (C=O) groups excluding carboxylic acids is 1. The second kappa shape index (κ2) is 8.77. The van der Waals surface area contributed by atoms with Gasteiger partial charge in [0.1, 0.15) is 27.4 Å². The number of hydrogen-bond acceptors (Lipinski definition) is 7. The number of carbonyl (C=O) groups is 1. The van der Waals surface area contributed by atoms with E-state index in [9.17, 15) is 18.8 Å². The quantitative estimate of drug-likeness (QED) is 0.402. The summed E-state index contributed by atoms with van der Waals surface area (Å²) in [4.78, 5) is 43.5. The zero-order chi connectivity index (χ0) is 24.9. The van der Waals surface area contributed by atoms with E-state index in [0.29, 0.717) is 45.1 Å². The molecule has 0 unspecified atom stereocenters. The van der Waals surface area contributed by atoms with Gasteiger partial charge in [-0.3, -0.25) is 14.2 Å². The van der Waals surface area contributed by atoms with Gasteiger partial charge in [-0.15, -0.1) is 4.80 Å². The van der Waals surface area contributed by atoms with E-state index in [1.165, 1.54) is 63.3 Å². The number of ether oxygens (including phenoxy) is 1. The first kappa shape index (κ1) is 23.0. The SMILES string of the molecule is COc1ccc(F)cc1CCn1c(=O)n([C@H]2CCN(C)C2=O)c(=O)c2c(C)c(-n3nccn3)sc21.